The Kier molecular flexibility index (Phi) is 5.31. The van der Waals surface area contributed by atoms with E-state index in [9.17, 15) is 14.4 Å². The van der Waals surface area contributed by atoms with Crippen LogP contribution in [0.1, 0.15) is 30.0 Å². The van der Waals surface area contributed by atoms with Gasteiger partial charge in [-0.2, -0.15) is 0 Å². The van der Waals surface area contributed by atoms with Gasteiger partial charge in [-0.25, -0.2) is 4.79 Å². The molecule has 2 aliphatic rings. The van der Waals surface area contributed by atoms with Gasteiger partial charge in [-0.05, 0) is 50.1 Å². The molecule has 4 rings (SSSR count). The number of urea groups is 1. The van der Waals surface area contributed by atoms with Crippen molar-refractivity contribution in [3.8, 4) is 11.5 Å². The molecule has 2 aromatic rings. The first-order valence-electron chi connectivity index (χ1n) is 10.2. The second-order valence-electron chi connectivity index (χ2n) is 8.02. The van der Waals surface area contributed by atoms with E-state index >= 15 is 0 Å². The summed E-state index contributed by atoms with van der Waals surface area (Å²) in [6.07, 6.45) is 0.764. The predicted octanol–water partition coefficient (Wildman–Crippen LogP) is 2.87. The van der Waals surface area contributed by atoms with Crippen molar-refractivity contribution in [3.63, 3.8) is 0 Å². The number of anilines is 1. The Balaban J connectivity index is 1.51. The van der Waals surface area contributed by atoms with E-state index in [1.165, 1.54) is 0 Å². The number of rotatable bonds is 4. The molecule has 0 radical (unpaired) electrons. The molecular formula is C23H25N3O5. The van der Waals surface area contributed by atoms with Crippen molar-refractivity contribution in [1.82, 2.24) is 10.2 Å². The second kappa shape index (κ2) is 7.94. The third-order valence-electron chi connectivity index (χ3n) is 5.56. The monoisotopic (exact) mass is 423 g/mol. The third-order valence-corrected chi connectivity index (χ3v) is 5.56. The fourth-order valence-corrected chi connectivity index (χ4v) is 3.80. The van der Waals surface area contributed by atoms with Crippen molar-refractivity contribution in [2.75, 3.05) is 25.1 Å². The van der Waals surface area contributed by atoms with Crippen LogP contribution in [0.4, 0.5) is 10.5 Å². The molecule has 0 aromatic heterocycles. The van der Waals surface area contributed by atoms with Gasteiger partial charge < -0.3 is 20.1 Å². The lowest BCUT2D eigenvalue weighted by Crippen LogP contribution is -2.42. The summed E-state index contributed by atoms with van der Waals surface area (Å²) in [5, 5.41) is 5.49. The van der Waals surface area contributed by atoms with Gasteiger partial charge in [0, 0.05) is 12.1 Å². The Bertz CT molecular complexity index is 1070. The highest BCUT2D eigenvalue weighted by Gasteiger charge is 2.49. The van der Waals surface area contributed by atoms with Crippen LogP contribution < -0.4 is 20.1 Å². The fourth-order valence-electron chi connectivity index (χ4n) is 3.80. The Morgan fingerprint density at radius 3 is 2.58 bits per heavy atom. The van der Waals surface area contributed by atoms with Crippen LogP contribution in [0.25, 0.3) is 0 Å². The molecule has 8 nitrogen and oxygen atoms in total. The maximum Gasteiger partial charge on any atom is 0.325 e. The largest absolute Gasteiger partial charge is 0.490 e. The smallest absolute Gasteiger partial charge is 0.325 e. The highest BCUT2D eigenvalue weighted by Crippen LogP contribution is 2.36. The van der Waals surface area contributed by atoms with E-state index in [1.54, 1.807) is 31.2 Å². The molecule has 1 fully saturated rings. The lowest BCUT2D eigenvalue weighted by atomic mass is 9.91. The molecule has 1 atom stereocenters. The normalized spacial score (nSPS) is 20.3. The first kappa shape index (κ1) is 20.7. The molecule has 31 heavy (non-hydrogen) atoms. The van der Waals surface area contributed by atoms with E-state index in [0.29, 0.717) is 36.0 Å². The fraction of sp³-hybridized carbons (Fsp3) is 0.348. The average molecular weight is 423 g/mol. The first-order chi connectivity index (χ1) is 14.8. The SMILES string of the molecule is Cc1ccc(NC(=O)CN2C(=O)N[C@](C)(c3ccc4c(c3)OCCCO4)C2=O)c(C)c1. The van der Waals surface area contributed by atoms with Crippen molar-refractivity contribution in [2.24, 2.45) is 0 Å². The third kappa shape index (κ3) is 3.93. The van der Waals surface area contributed by atoms with Gasteiger partial charge in [-0.15, -0.1) is 0 Å². The summed E-state index contributed by atoms with van der Waals surface area (Å²) in [5.41, 5.74) is 1.89. The maximum absolute atomic E-state index is 13.2. The summed E-state index contributed by atoms with van der Waals surface area (Å²) < 4.78 is 11.3. The molecular weight excluding hydrogens is 398 g/mol. The standard InChI is InChI=1S/C23H25N3O5/c1-14-5-7-17(15(2)11-14)24-20(27)13-26-21(28)23(3,25-22(26)29)16-6-8-18-19(12-16)31-10-4-9-30-18/h5-8,11-12H,4,9-10,13H2,1-3H3,(H,24,27)(H,25,29)/t23-/m1/s1. The number of hydrogen-bond donors (Lipinski definition) is 2. The van der Waals surface area contributed by atoms with Crippen LogP contribution in [-0.2, 0) is 15.1 Å². The number of ether oxygens (including phenoxy) is 2. The number of amides is 4. The number of carbonyl (C=O) groups excluding carboxylic acids is 3. The number of fused-ring (bicyclic) bond motifs is 1. The summed E-state index contributed by atoms with van der Waals surface area (Å²) in [6, 6.07) is 10.2. The second-order valence-corrected chi connectivity index (χ2v) is 8.02. The Hall–Kier alpha value is -3.55. The molecule has 0 aliphatic carbocycles. The summed E-state index contributed by atoms with van der Waals surface area (Å²) in [6.45, 7) is 6.16. The van der Waals surface area contributed by atoms with Gasteiger partial charge in [0.15, 0.2) is 11.5 Å². The van der Waals surface area contributed by atoms with Crippen LogP contribution >= 0.6 is 0 Å². The van der Waals surface area contributed by atoms with Crippen molar-refractivity contribution in [3.05, 3.63) is 53.1 Å². The van der Waals surface area contributed by atoms with E-state index in [4.69, 9.17) is 9.47 Å². The molecule has 0 bridgehead atoms. The van der Waals surface area contributed by atoms with Gasteiger partial charge in [0.05, 0.1) is 13.2 Å². The minimum Gasteiger partial charge on any atom is -0.490 e. The number of imide groups is 1. The molecule has 162 valence electrons. The van der Waals surface area contributed by atoms with Crippen LogP contribution in [0.15, 0.2) is 36.4 Å². The molecule has 2 aliphatic heterocycles. The minimum absolute atomic E-state index is 0.377. The Morgan fingerprint density at radius 2 is 1.84 bits per heavy atom. The van der Waals surface area contributed by atoms with Gasteiger partial charge in [-0.1, -0.05) is 23.8 Å². The number of benzene rings is 2. The highest BCUT2D eigenvalue weighted by molar-refractivity contribution is 6.10. The zero-order valence-electron chi connectivity index (χ0n) is 17.8. The zero-order chi connectivity index (χ0) is 22.2. The number of aryl methyl sites for hydroxylation is 2. The quantitative estimate of drug-likeness (QED) is 0.737. The molecule has 2 N–H and O–H groups in total. The van der Waals surface area contributed by atoms with Crippen LogP contribution in [0, 0.1) is 13.8 Å². The van der Waals surface area contributed by atoms with E-state index < -0.39 is 23.4 Å². The molecule has 4 amide bonds. The van der Waals surface area contributed by atoms with Crippen molar-refractivity contribution >= 4 is 23.5 Å². The first-order valence-corrected chi connectivity index (χ1v) is 10.2. The van der Waals surface area contributed by atoms with Crippen molar-refractivity contribution < 1.29 is 23.9 Å². The van der Waals surface area contributed by atoms with E-state index in [-0.39, 0.29) is 6.54 Å². The van der Waals surface area contributed by atoms with E-state index in [2.05, 4.69) is 10.6 Å². The maximum atomic E-state index is 13.2. The molecule has 0 unspecified atom stereocenters. The predicted molar refractivity (Wildman–Crippen MR) is 114 cm³/mol. The number of carbonyl (C=O) groups is 3. The Labute approximate surface area is 180 Å². The van der Waals surface area contributed by atoms with Gasteiger partial charge in [-0.3, -0.25) is 14.5 Å². The zero-order valence-corrected chi connectivity index (χ0v) is 17.8. The minimum atomic E-state index is -1.30. The van der Waals surface area contributed by atoms with E-state index in [0.717, 1.165) is 22.4 Å². The van der Waals surface area contributed by atoms with Crippen molar-refractivity contribution in [1.29, 1.82) is 0 Å². The number of nitrogens with zero attached hydrogens (tertiary/aromatic N) is 1. The molecule has 2 aromatic carbocycles. The lowest BCUT2D eigenvalue weighted by Gasteiger charge is -2.23. The van der Waals surface area contributed by atoms with E-state index in [1.807, 2.05) is 26.0 Å². The number of nitrogens with one attached hydrogen (secondary N) is 2. The molecule has 1 saturated heterocycles. The van der Waals surface area contributed by atoms with Crippen LogP contribution in [0.2, 0.25) is 0 Å². The molecule has 8 heteroatoms. The molecule has 2 heterocycles. The number of hydrogen-bond acceptors (Lipinski definition) is 5. The lowest BCUT2D eigenvalue weighted by molar-refractivity contribution is -0.133. The van der Waals surface area contributed by atoms with Crippen LogP contribution in [-0.4, -0.2) is 42.5 Å². The average Bonchev–Trinajstić information content (AvgIpc) is 2.90. The molecule has 0 saturated carbocycles. The van der Waals surface area contributed by atoms with Crippen molar-refractivity contribution in [2.45, 2.75) is 32.7 Å². The molecule has 0 spiro atoms. The Morgan fingerprint density at radius 1 is 1.10 bits per heavy atom. The highest BCUT2D eigenvalue weighted by atomic mass is 16.5. The van der Waals surface area contributed by atoms with Gasteiger partial charge in [0.25, 0.3) is 5.91 Å². The summed E-state index contributed by atoms with van der Waals surface area (Å²) in [5.74, 6) is 0.191. The summed E-state index contributed by atoms with van der Waals surface area (Å²) >= 11 is 0. The summed E-state index contributed by atoms with van der Waals surface area (Å²) in [7, 11) is 0. The van der Waals surface area contributed by atoms with Gasteiger partial charge >= 0.3 is 6.03 Å². The van der Waals surface area contributed by atoms with Gasteiger partial charge in [0.1, 0.15) is 12.1 Å². The summed E-state index contributed by atoms with van der Waals surface area (Å²) in [4.78, 5) is 39.2. The van der Waals surface area contributed by atoms with Crippen LogP contribution in [0.3, 0.4) is 0 Å². The van der Waals surface area contributed by atoms with Gasteiger partial charge in [0.2, 0.25) is 5.91 Å². The topological polar surface area (TPSA) is 97.0 Å². The van der Waals surface area contributed by atoms with Crippen LogP contribution in [0.5, 0.6) is 11.5 Å².